The molecule has 4 nitrogen and oxygen atoms in total. The Kier molecular flexibility index (Phi) is 5.78. The van der Waals surface area contributed by atoms with Crippen LogP contribution in [0.2, 0.25) is 0 Å². The van der Waals surface area contributed by atoms with Gasteiger partial charge in [-0.1, -0.05) is 13.8 Å². The van der Waals surface area contributed by atoms with Gasteiger partial charge >= 0.3 is 0 Å². The fourth-order valence-corrected chi connectivity index (χ4v) is 1.49. The van der Waals surface area contributed by atoms with Gasteiger partial charge in [0.2, 0.25) is 0 Å². The molecule has 1 rings (SSSR count). The normalized spacial score (nSPS) is 10.4. The molecule has 0 radical (unpaired) electrons. The van der Waals surface area contributed by atoms with Crippen molar-refractivity contribution in [2.45, 2.75) is 33.2 Å². The molecule has 0 aromatic carbocycles. The maximum absolute atomic E-state index is 4.21. The molecule has 0 saturated carbocycles. The van der Waals surface area contributed by atoms with Gasteiger partial charge in [0.05, 0.1) is 5.69 Å². The summed E-state index contributed by atoms with van der Waals surface area (Å²) in [4.78, 5) is 2.12. The van der Waals surface area contributed by atoms with E-state index in [-0.39, 0.29) is 0 Å². The topological polar surface area (TPSA) is 41.0 Å². The molecule has 0 fully saturated rings. The van der Waals surface area contributed by atoms with E-state index in [1.54, 1.807) is 0 Å². The molecule has 0 atom stereocenters. The molecular formula is C12H22N4. The van der Waals surface area contributed by atoms with Crippen molar-refractivity contribution >= 4 is 5.82 Å². The van der Waals surface area contributed by atoms with E-state index in [4.69, 9.17) is 0 Å². The Morgan fingerprint density at radius 2 is 2.00 bits per heavy atom. The van der Waals surface area contributed by atoms with Crippen LogP contribution in [0.4, 0.5) is 5.82 Å². The highest BCUT2D eigenvalue weighted by Crippen LogP contribution is 2.07. The van der Waals surface area contributed by atoms with Gasteiger partial charge in [0.15, 0.2) is 5.82 Å². The molecule has 0 saturated heterocycles. The molecule has 0 amide bonds. The first kappa shape index (κ1) is 12.9. The molecule has 0 aliphatic rings. The second-order valence-corrected chi connectivity index (χ2v) is 3.98. The lowest BCUT2D eigenvalue weighted by Crippen LogP contribution is -2.20. The van der Waals surface area contributed by atoms with Gasteiger partial charge in [-0.25, -0.2) is 0 Å². The number of anilines is 1. The van der Waals surface area contributed by atoms with E-state index in [2.05, 4.69) is 34.3 Å². The van der Waals surface area contributed by atoms with Crippen LogP contribution in [0.15, 0.2) is 12.1 Å². The van der Waals surface area contributed by atoms with Crippen molar-refractivity contribution in [1.82, 2.24) is 15.5 Å². The molecule has 1 aromatic heterocycles. The van der Waals surface area contributed by atoms with Crippen molar-refractivity contribution in [2.24, 2.45) is 0 Å². The Hall–Kier alpha value is -1.16. The highest BCUT2D eigenvalue weighted by molar-refractivity contribution is 5.35. The maximum Gasteiger partial charge on any atom is 0.150 e. The number of rotatable bonds is 7. The Morgan fingerprint density at radius 1 is 1.19 bits per heavy atom. The van der Waals surface area contributed by atoms with Gasteiger partial charge in [-0.15, -0.1) is 5.10 Å². The first-order valence-electron chi connectivity index (χ1n) is 6.02. The van der Waals surface area contributed by atoms with Gasteiger partial charge in [0, 0.05) is 20.1 Å². The van der Waals surface area contributed by atoms with Crippen molar-refractivity contribution in [2.75, 3.05) is 25.0 Å². The van der Waals surface area contributed by atoms with E-state index in [0.29, 0.717) is 0 Å². The van der Waals surface area contributed by atoms with Gasteiger partial charge in [-0.2, -0.15) is 5.10 Å². The molecule has 0 aliphatic heterocycles. The van der Waals surface area contributed by atoms with Gasteiger partial charge in [-0.05, 0) is 31.5 Å². The molecule has 90 valence electrons. The summed E-state index contributed by atoms with van der Waals surface area (Å²) in [6, 6.07) is 4.07. The standard InChI is InChI=1S/C12H22N4/c1-4-8-13-10-11-6-7-12(15-14-11)16(3)9-5-2/h6-7,13H,4-5,8-10H2,1-3H3. The Bertz CT molecular complexity index is 284. The van der Waals surface area contributed by atoms with Gasteiger partial charge in [-0.3, -0.25) is 0 Å². The zero-order chi connectivity index (χ0) is 11.8. The third-order valence-electron chi connectivity index (χ3n) is 2.39. The van der Waals surface area contributed by atoms with Crippen LogP contribution in [0, 0.1) is 0 Å². The first-order valence-corrected chi connectivity index (χ1v) is 6.02. The van der Waals surface area contributed by atoms with E-state index in [9.17, 15) is 0 Å². The molecule has 0 aliphatic carbocycles. The molecule has 0 spiro atoms. The number of hydrogen-bond acceptors (Lipinski definition) is 4. The van der Waals surface area contributed by atoms with Crippen molar-refractivity contribution in [3.05, 3.63) is 17.8 Å². The van der Waals surface area contributed by atoms with Crippen molar-refractivity contribution in [3.63, 3.8) is 0 Å². The summed E-state index contributed by atoms with van der Waals surface area (Å²) in [6.45, 7) is 7.16. The number of aromatic nitrogens is 2. The summed E-state index contributed by atoms with van der Waals surface area (Å²) in [7, 11) is 2.04. The first-order chi connectivity index (χ1) is 7.77. The summed E-state index contributed by atoms with van der Waals surface area (Å²) >= 11 is 0. The van der Waals surface area contributed by atoms with E-state index >= 15 is 0 Å². The summed E-state index contributed by atoms with van der Waals surface area (Å²) in [5, 5.41) is 11.7. The highest BCUT2D eigenvalue weighted by Gasteiger charge is 2.01. The van der Waals surface area contributed by atoms with Crippen LogP contribution in [0.3, 0.4) is 0 Å². The van der Waals surface area contributed by atoms with Crippen LogP contribution in [0.5, 0.6) is 0 Å². The zero-order valence-electron chi connectivity index (χ0n) is 10.5. The van der Waals surface area contributed by atoms with Crippen LogP contribution < -0.4 is 10.2 Å². The number of nitrogens with zero attached hydrogens (tertiary/aromatic N) is 3. The monoisotopic (exact) mass is 222 g/mol. The summed E-state index contributed by atoms with van der Waals surface area (Å²) in [5.41, 5.74) is 1.00. The second kappa shape index (κ2) is 7.17. The maximum atomic E-state index is 4.21. The van der Waals surface area contributed by atoms with Gasteiger partial charge < -0.3 is 10.2 Å². The lowest BCUT2D eigenvalue weighted by molar-refractivity contribution is 0.655. The molecule has 1 aromatic rings. The predicted molar refractivity (Wildman–Crippen MR) is 67.6 cm³/mol. The van der Waals surface area contributed by atoms with E-state index in [1.165, 1.54) is 0 Å². The van der Waals surface area contributed by atoms with E-state index in [0.717, 1.165) is 44.0 Å². The zero-order valence-corrected chi connectivity index (χ0v) is 10.5. The second-order valence-electron chi connectivity index (χ2n) is 3.98. The third-order valence-corrected chi connectivity index (χ3v) is 2.39. The molecular weight excluding hydrogens is 200 g/mol. The third kappa shape index (κ3) is 4.14. The molecule has 1 N–H and O–H groups in total. The Labute approximate surface area is 98.1 Å². The summed E-state index contributed by atoms with van der Waals surface area (Å²) in [5.74, 6) is 0.945. The van der Waals surface area contributed by atoms with Crippen LogP contribution in [-0.4, -0.2) is 30.3 Å². The predicted octanol–water partition coefficient (Wildman–Crippen LogP) is 1.82. The largest absolute Gasteiger partial charge is 0.358 e. The van der Waals surface area contributed by atoms with Crippen molar-refractivity contribution < 1.29 is 0 Å². The van der Waals surface area contributed by atoms with Gasteiger partial charge in [0.25, 0.3) is 0 Å². The smallest absolute Gasteiger partial charge is 0.150 e. The van der Waals surface area contributed by atoms with Crippen molar-refractivity contribution in [3.8, 4) is 0 Å². The SMILES string of the molecule is CCCNCc1ccc(N(C)CCC)nn1. The van der Waals surface area contributed by atoms with Crippen LogP contribution in [-0.2, 0) is 6.54 Å². The molecule has 16 heavy (non-hydrogen) atoms. The summed E-state index contributed by atoms with van der Waals surface area (Å²) < 4.78 is 0. The molecule has 0 unspecified atom stereocenters. The van der Waals surface area contributed by atoms with E-state index in [1.807, 2.05) is 19.2 Å². The minimum atomic E-state index is 0.804. The minimum Gasteiger partial charge on any atom is -0.358 e. The van der Waals surface area contributed by atoms with Gasteiger partial charge in [0.1, 0.15) is 0 Å². The average molecular weight is 222 g/mol. The highest BCUT2D eigenvalue weighted by atomic mass is 15.2. The molecule has 4 heteroatoms. The average Bonchev–Trinajstić information content (AvgIpc) is 2.30. The Morgan fingerprint density at radius 3 is 2.56 bits per heavy atom. The van der Waals surface area contributed by atoms with Crippen LogP contribution in [0.1, 0.15) is 32.4 Å². The molecule has 0 bridgehead atoms. The Balaban J connectivity index is 2.47. The lowest BCUT2D eigenvalue weighted by Gasteiger charge is -2.16. The fourth-order valence-electron chi connectivity index (χ4n) is 1.49. The quantitative estimate of drug-likeness (QED) is 0.715. The summed E-state index contributed by atoms with van der Waals surface area (Å²) in [6.07, 6.45) is 2.27. The minimum absolute atomic E-state index is 0.804. The number of hydrogen-bond donors (Lipinski definition) is 1. The number of nitrogens with one attached hydrogen (secondary N) is 1. The molecule has 1 heterocycles. The fraction of sp³-hybridized carbons (Fsp3) is 0.667. The van der Waals surface area contributed by atoms with Crippen LogP contribution >= 0.6 is 0 Å². The van der Waals surface area contributed by atoms with Crippen LogP contribution in [0.25, 0.3) is 0 Å². The van der Waals surface area contributed by atoms with Crippen molar-refractivity contribution in [1.29, 1.82) is 0 Å². The lowest BCUT2D eigenvalue weighted by atomic mass is 10.3. The van der Waals surface area contributed by atoms with E-state index < -0.39 is 0 Å².